The van der Waals surface area contributed by atoms with E-state index in [0.717, 1.165) is 22.6 Å². The third kappa shape index (κ3) is 4.67. The number of hydrogen-bond donors (Lipinski definition) is 2. The first-order valence-electron chi connectivity index (χ1n) is 7.49. The van der Waals surface area contributed by atoms with Gasteiger partial charge >= 0.3 is 6.03 Å². The number of aromatic nitrogens is 2. The molecule has 2 rings (SSSR count). The van der Waals surface area contributed by atoms with Gasteiger partial charge in [-0.25, -0.2) is 14.8 Å². The zero-order valence-corrected chi connectivity index (χ0v) is 14.3. The number of carbonyl (C=O) groups is 1. The molecule has 0 radical (unpaired) electrons. The summed E-state index contributed by atoms with van der Waals surface area (Å²) in [6, 6.07) is 7.44. The van der Waals surface area contributed by atoms with E-state index in [1.807, 2.05) is 64.0 Å². The smallest absolute Gasteiger partial charge is 0.319 e. The number of nitrogens with zero attached hydrogens (tertiary/aromatic N) is 3. The van der Waals surface area contributed by atoms with Gasteiger partial charge < -0.3 is 15.5 Å². The molecule has 6 heteroatoms. The maximum atomic E-state index is 12.0. The number of amides is 2. The van der Waals surface area contributed by atoms with Gasteiger partial charge in [-0.05, 0) is 50.1 Å². The highest BCUT2D eigenvalue weighted by atomic mass is 16.2. The Bertz CT molecular complexity index is 712. The highest BCUT2D eigenvalue weighted by molar-refractivity contribution is 5.89. The van der Waals surface area contributed by atoms with E-state index >= 15 is 0 Å². The van der Waals surface area contributed by atoms with Crippen LogP contribution in [0.3, 0.4) is 0 Å². The predicted molar refractivity (Wildman–Crippen MR) is 92.9 cm³/mol. The highest BCUT2D eigenvalue weighted by Crippen LogP contribution is 2.14. The topological polar surface area (TPSA) is 70.2 Å². The average molecular weight is 313 g/mol. The molecule has 0 bridgehead atoms. The van der Waals surface area contributed by atoms with Crippen LogP contribution in [0.4, 0.5) is 16.4 Å². The summed E-state index contributed by atoms with van der Waals surface area (Å²) >= 11 is 0. The van der Waals surface area contributed by atoms with Crippen molar-refractivity contribution in [1.29, 1.82) is 0 Å². The number of nitrogens with one attached hydrogen (secondary N) is 2. The predicted octanol–water partition coefficient (Wildman–Crippen LogP) is 2.79. The molecule has 0 saturated heterocycles. The van der Waals surface area contributed by atoms with E-state index in [1.54, 1.807) is 0 Å². The molecule has 0 spiro atoms. The summed E-state index contributed by atoms with van der Waals surface area (Å²) in [5.41, 5.74) is 4.76. The summed E-state index contributed by atoms with van der Waals surface area (Å²) in [6.07, 6.45) is 0. The number of aryl methyl sites for hydroxylation is 3. The second-order valence-electron chi connectivity index (χ2n) is 5.80. The molecule has 0 aliphatic carbocycles. The van der Waals surface area contributed by atoms with Crippen LogP contribution in [0, 0.1) is 20.8 Å². The van der Waals surface area contributed by atoms with Crippen molar-refractivity contribution in [3.05, 3.63) is 46.8 Å². The van der Waals surface area contributed by atoms with Crippen molar-refractivity contribution in [3.63, 3.8) is 0 Å². The molecule has 1 aromatic heterocycles. The Morgan fingerprint density at radius 1 is 1.09 bits per heavy atom. The number of rotatable bonds is 4. The van der Waals surface area contributed by atoms with Crippen LogP contribution < -0.4 is 15.5 Å². The van der Waals surface area contributed by atoms with Gasteiger partial charge in [-0.1, -0.05) is 6.07 Å². The standard InChI is InChI=1S/C17H23N5O/c1-11-6-7-14(8-12(11)2)21-17(23)18-10-15-9-13(3)19-16(20-15)22(4)5/h6-9H,10H2,1-5H3,(H2,18,21,23). The van der Waals surface area contributed by atoms with Crippen LogP contribution in [-0.2, 0) is 6.54 Å². The van der Waals surface area contributed by atoms with E-state index in [1.165, 1.54) is 5.56 Å². The molecule has 0 unspecified atom stereocenters. The van der Waals surface area contributed by atoms with E-state index in [0.29, 0.717) is 12.5 Å². The second kappa shape index (κ2) is 7.09. The molecular formula is C17H23N5O. The summed E-state index contributed by atoms with van der Waals surface area (Å²) < 4.78 is 0. The van der Waals surface area contributed by atoms with Gasteiger partial charge in [-0.3, -0.25) is 0 Å². The maximum absolute atomic E-state index is 12.0. The first-order valence-corrected chi connectivity index (χ1v) is 7.49. The normalized spacial score (nSPS) is 10.3. The van der Waals surface area contributed by atoms with Gasteiger partial charge in [0, 0.05) is 25.5 Å². The van der Waals surface area contributed by atoms with Crippen LogP contribution in [0.2, 0.25) is 0 Å². The summed E-state index contributed by atoms with van der Waals surface area (Å²) in [4.78, 5) is 22.6. The van der Waals surface area contributed by atoms with Gasteiger partial charge in [0.15, 0.2) is 0 Å². The number of carbonyl (C=O) groups excluding carboxylic acids is 1. The molecule has 1 aromatic carbocycles. The zero-order chi connectivity index (χ0) is 17.0. The Balaban J connectivity index is 1.97. The molecule has 0 aliphatic rings. The summed E-state index contributed by atoms with van der Waals surface area (Å²) in [5, 5.41) is 5.64. The fraction of sp³-hybridized carbons (Fsp3) is 0.353. The minimum Gasteiger partial charge on any atom is -0.347 e. The number of anilines is 2. The maximum Gasteiger partial charge on any atom is 0.319 e. The summed E-state index contributed by atoms with van der Waals surface area (Å²) in [6.45, 7) is 6.32. The molecule has 23 heavy (non-hydrogen) atoms. The molecule has 2 N–H and O–H groups in total. The van der Waals surface area contributed by atoms with Crippen LogP contribution in [0.25, 0.3) is 0 Å². The van der Waals surface area contributed by atoms with Gasteiger partial charge in [0.1, 0.15) is 0 Å². The first kappa shape index (κ1) is 16.7. The molecule has 0 saturated carbocycles. The lowest BCUT2D eigenvalue weighted by atomic mass is 10.1. The average Bonchev–Trinajstić information content (AvgIpc) is 2.48. The minimum absolute atomic E-state index is 0.254. The Labute approximate surface area is 137 Å². The fourth-order valence-corrected chi connectivity index (χ4v) is 2.07. The van der Waals surface area contributed by atoms with Gasteiger partial charge in [0.2, 0.25) is 5.95 Å². The third-order valence-electron chi connectivity index (χ3n) is 3.49. The van der Waals surface area contributed by atoms with Crippen molar-refractivity contribution in [2.45, 2.75) is 27.3 Å². The quantitative estimate of drug-likeness (QED) is 0.910. The molecule has 122 valence electrons. The lowest BCUT2D eigenvalue weighted by Gasteiger charge is -2.13. The molecule has 6 nitrogen and oxygen atoms in total. The molecule has 0 aliphatic heterocycles. The largest absolute Gasteiger partial charge is 0.347 e. The van der Waals surface area contributed by atoms with Crippen LogP contribution in [0.5, 0.6) is 0 Å². The lowest BCUT2D eigenvalue weighted by Crippen LogP contribution is -2.29. The van der Waals surface area contributed by atoms with E-state index in [9.17, 15) is 4.79 Å². The number of hydrogen-bond acceptors (Lipinski definition) is 4. The van der Waals surface area contributed by atoms with Crippen molar-refractivity contribution in [2.24, 2.45) is 0 Å². The molecule has 0 fully saturated rings. The van der Waals surface area contributed by atoms with E-state index in [2.05, 4.69) is 20.6 Å². The van der Waals surface area contributed by atoms with Crippen molar-refractivity contribution in [1.82, 2.24) is 15.3 Å². The number of urea groups is 1. The van der Waals surface area contributed by atoms with E-state index in [-0.39, 0.29) is 6.03 Å². The zero-order valence-electron chi connectivity index (χ0n) is 14.3. The van der Waals surface area contributed by atoms with Crippen LogP contribution >= 0.6 is 0 Å². The van der Waals surface area contributed by atoms with Gasteiger partial charge in [0.05, 0.1) is 12.2 Å². The van der Waals surface area contributed by atoms with Gasteiger partial charge in [0.25, 0.3) is 0 Å². The molecule has 2 amide bonds. The lowest BCUT2D eigenvalue weighted by molar-refractivity contribution is 0.251. The van der Waals surface area contributed by atoms with Crippen LogP contribution in [-0.4, -0.2) is 30.1 Å². The Hall–Kier alpha value is -2.63. The molecule has 1 heterocycles. The van der Waals surface area contributed by atoms with Gasteiger partial charge in [-0.15, -0.1) is 0 Å². The Kier molecular flexibility index (Phi) is 5.16. The van der Waals surface area contributed by atoms with Crippen LogP contribution in [0.1, 0.15) is 22.5 Å². The van der Waals surface area contributed by atoms with Gasteiger partial charge in [-0.2, -0.15) is 0 Å². The highest BCUT2D eigenvalue weighted by Gasteiger charge is 2.07. The fourth-order valence-electron chi connectivity index (χ4n) is 2.07. The number of benzene rings is 1. The molecule has 2 aromatic rings. The summed E-state index contributed by atoms with van der Waals surface area (Å²) in [5.74, 6) is 0.636. The second-order valence-corrected chi connectivity index (χ2v) is 5.80. The Morgan fingerprint density at radius 3 is 2.48 bits per heavy atom. The molecular weight excluding hydrogens is 290 g/mol. The van der Waals surface area contributed by atoms with Crippen molar-refractivity contribution < 1.29 is 4.79 Å². The van der Waals surface area contributed by atoms with Crippen LogP contribution in [0.15, 0.2) is 24.3 Å². The first-order chi connectivity index (χ1) is 10.8. The van der Waals surface area contributed by atoms with E-state index in [4.69, 9.17) is 0 Å². The van der Waals surface area contributed by atoms with Crippen molar-refractivity contribution in [3.8, 4) is 0 Å². The monoisotopic (exact) mass is 313 g/mol. The SMILES string of the molecule is Cc1cc(CNC(=O)Nc2ccc(C)c(C)c2)nc(N(C)C)n1. The van der Waals surface area contributed by atoms with E-state index < -0.39 is 0 Å². The molecule has 0 atom stereocenters. The van der Waals surface area contributed by atoms with Crippen molar-refractivity contribution in [2.75, 3.05) is 24.3 Å². The van der Waals surface area contributed by atoms with Crippen molar-refractivity contribution >= 4 is 17.7 Å². The third-order valence-corrected chi connectivity index (χ3v) is 3.49. The summed E-state index contributed by atoms with van der Waals surface area (Å²) in [7, 11) is 3.77. The minimum atomic E-state index is -0.254. The Morgan fingerprint density at radius 2 is 1.83 bits per heavy atom.